The summed E-state index contributed by atoms with van der Waals surface area (Å²) in [6.07, 6.45) is 3.85. The number of nitrogens with zero attached hydrogens (tertiary/aromatic N) is 1. The minimum Gasteiger partial charge on any atom is -0.207 e. The highest BCUT2D eigenvalue weighted by Crippen LogP contribution is 2.33. The highest BCUT2D eigenvalue weighted by molar-refractivity contribution is 7.99. The zero-order valence-electron chi connectivity index (χ0n) is 10.8. The van der Waals surface area contributed by atoms with Gasteiger partial charge in [-0.25, -0.2) is 4.39 Å². The minimum absolute atomic E-state index is 0.220. The Hall–Kier alpha value is -2.05. The predicted octanol–water partition coefficient (Wildman–Crippen LogP) is 4.83. The van der Waals surface area contributed by atoms with Crippen molar-refractivity contribution in [2.75, 3.05) is 0 Å². The molecule has 1 aliphatic carbocycles. The van der Waals surface area contributed by atoms with Crippen molar-refractivity contribution in [1.82, 2.24) is 0 Å². The Bertz CT molecular complexity index is 728. The summed E-state index contributed by atoms with van der Waals surface area (Å²) in [6, 6.07) is 14.9. The highest BCUT2D eigenvalue weighted by Gasteiger charge is 2.13. The van der Waals surface area contributed by atoms with Crippen molar-refractivity contribution in [3.63, 3.8) is 0 Å². The molecule has 3 rings (SSSR count). The van der Waals surface area contributed by atoms with Crippen LogP contribution < -0.4 is 0 Å². The predicted molar refractivity (Wildman–Crippen MR) is 78.9 cm³/mol. The zero-order chi connectivity index (χ0) is 13.9. The molecule has 0 amide bonds. The summed E-state index contributed by atoms with van der Waals surface area (Å²) < 4.78 is 13.2. The molecule has 0 heterocycles. The summed E-state index contributed by atoms with van der Waals surface area (Å²) in [7, 11) is 0. The van der Waals surface area contributed by atoms with E-state index in [1.165, 1.54) is 17.7 Å². The van der Waals surface area contributed by atoms with E-state index in [0.717, 1.165) is 33.8 Å². The molecule has 1 aliphatic rings. The van der Waals surface area contributed by atoms with Crippen molar-refractivity contribution in [2.24, 2.45) is 0 Å². The van der Waals surface area contributed by atoms with Crippen LogP contribution in [0.3, 0.4) is 0 Å². The normalized spacial score (nSPS) is 13.3. The van der Waals surface area contributed by atoms with Crippen LogP contribution in [0.15, 0.2) is 58.3 Å². The molecule has 0 fully saturated rings. The Morgan fingerprint density at radius 2 is 1.95 bits per heavy atom. The largest absolute Gasteiger partial charge is 0.207 e. The van der Waals surface area contributed by atoms with Crippen LogP contribution in [0.4, 0.5) is 4.39 Å². The average molecular weight is 281 g/mol. The van der Waals surface area contributed by atoms with E-state index in [4.69, 9.17) is 5.26 Å². The molecule has 0 aromatic heterocycles. The lowest BCUT2D eigenvalue weighted by Crippen LogP contribution is -1.98. The van der Waals surface area contributed by atoms with Crippen LogP contribution in [0.5, 0.6) is 0 Å². The van der Waals surface area contributed by atoms with Crippen LogP contribution >= 0.6 is 11.8 Å². The Labute approximate surface area is 121 Å². The molecule has 0 radical (unpaired) electrons. The lowest BCUT2D eigenvalue weighted by atomic mass is 9.92. The fourth-order valence-electron chi connectivity index (χ4n) is 2.36. The minimum atomic E-state index is -0.220. The van der Waals surface area contributed by atoms with Crippen LogP contribution in [0.2, 0.25) is 0 Å². The zero-order valence-corrected chi connectivity index (χ0v) is 11.6. The third kappa shape index (κ3) is 2.61. The van der Waals surface area contributed by atoms with Gasteiger partial charge in [0.15, 0.2) is 0 Å². The van der Waals surface area contributed by atoms with Crippen LogP contribution in [-0.4, -0.2) is 0 Å². The maximum atomic E-state index is 13.2. The third-order valence-corrected chi connectivity index (χ3v) is 4.26. The Morgan fingerprint density at radius 3 is 2.75 bits per heavy atom. The van der Waals surface area contributed by atoms with Crippen LogP contribution in [-0.2, 0) is 6.42 Å². The number of fused-ring (bicyclic) bond motifs is 1. The van der Waals surface area contributed by atoms with Crippen LogP contribution in [0.1, 0.15) is 17.5 Å². The van der Waals surface area contributed by atoms with Crippen LogP contribution in [0.25, 0.3) is 5.57 Å². The molecule has 2 aromatic carbocycles. The first kappa shape index (κ1) is 13.0. The molecular weight excluding hydrogens is 269 g/mol. The molecule has 2 aromatic rings. The lowest BCUT2D eigenvalue weighted by molar-refractivity contribution is 0.624. The monoisotopic (exact) mass is 281 g/mol. The maximum absolute atomic E-state index is 13.2. The van der Waals surface area contributed by atoms with Crippen molar-refractivity contribution >= 4 is 17.3 Å². The number of hydrogen-bond donors (Lipinski definition) is 0. The molecule has 0 saturated carbocycles. The van der Waals surface area contributed by atoms with E-state index in [-0.39, 0.29) is 5.82 Å². The van der Waals surface area contributed by atoms with E-state index in [1.54, 1.807) is 17.8 Å². The van der Waals surface area contributed by atoms with Gasteiger partial charge in [-0.15, -0.1) is 0 Å². The fraction of sp³-hybridized carbons (Fsp3) is 0.118. The number of halogens is 1. The average Bonchev–Trinajstić information content (AvgIpc) is 2.46. The molecule has 0 spiro atoms. The second kappa shape index (κ2) is 5.52. The second-order valence-electron chi connectivity index (χ2n) is 4.65. The van der Waals surface area contributed by atoms with Gasteiger partial charge in [0, 0.05) is 9.79 Å². The molecule has 1 nitrogen and oxygen atoms in total. The fourth-order valence-corrected chi connectivity index (χ4v) is 3.29. The van der Waals surface area contributed by atoms with E-state index in [2.05, 4.69) is 12.1 Å². The van der Waals surface area contributed by atoms with Gasteiger partial charge in [-0.05, 0) is 54.3 Å². The van der Waals surface area contributed by atoms with Crippen LogP contribution in [0, 0.1) is 17.1 Å². The number of nitriles is 1. The first-order chi connectivity index (χ1) is 9.76. The molecule has 3 heteroatoms. The van der Waals surface area contributed by atoms with Gasteiger partial charge in [-0.3, -0.25) is 0 Å². The quantitative estimate of drug-likeness (QED) is 0.787. The molecular formula is C17H12FNS. The Morgan fingerprint density at radius 1 is 1.10 bits per heavy atom. The number of hydrogen-bond acceptors (Lipinski definition) is 2. The van der Waals surface area contributed by atoms with Gasteiger partial charge >= 0.3 is 0 Å². The molecule has 0 aliphatic heterocycles. The van der Waals surface area contributed by atoms with Gasteiger partial charge in [0.2, 0.25) is 0 Å². The van der Waals surface area contributed by atoms with Gasteiger partial charge in [0.25, 0.3) is 0 Å². The van der Waals surface area contributed by atoms with E-state index in [0.29, 0.717) is 0 Å². The van der Waals surface area contributed by atoms with Gasteiger partial charge in [-0.2, -0.15) is 5.26 Å². The lowest BCUT2D eigenvalue weighted by Gasteiger charge is -2.14. The summed E-state index contributed by atoms with van der Waals surface area (Å²) in [4.78, 5) is 1.96. The van der Waals surface area contributed by atoms with Crippen molar-refractivity contribution < 1.29 is 4.39 Å². The van der Waals surface area contributed by atoms with E-state index >= 15 is 0 Å². The molecule has 0 unspecified atom stereocenters. The number of benzene rings is 2. The van der Waals surface area contributed by atoms with Gasteiger partial charge in [0.05, 0.1) is 11.6 Å². The van der Waals surface area contributed by atoms with Gasteiger partial charge in [0.1, 0.15) is 5.82 Å². The van der Waals surface area contributed by atoms with Crippen molar-refractivity contribution in [3.8, 4) is 6.07 Å². The first-order valence-corrected chi connectivity index (χ1v) is 7.25. The van der Waals surface area contributed by atoms with Gasteiger partial charge in [-0.1, -0.05) is 30.0 Å². The number of rotatable bonds is 2. The molecule has 20 heavy (non-hydrogen) atoms. The molecule has 0 bridgehead atoms. The van der Waals surface area contributed by atoms with Crippen molar-refractivity contribution in [1.29, 1.82) is 5.26 Å². The van der Waals surface area contributed by atoms with E-state index in [1.807, 2.05) is 24.3 Å². The maximum Gasteiger partial charge on any atom is 0.124 e. The summed E-state index contributed by atoms with van der Waals surface area (Å²) in [6.45, 7) is 0. The summed E-state index contributed by atoms with van der Waals surface area (Å²) in [5, 5.41) is 9.11. The highest BCUT2D eigenvalue weighted by atomic mass is 32.2. The van der Waals surface area contributed by atoms with E-state index in [9.17, 15) is 4.39 Å². The molecule has 0 saturated heterocycles. The number of aryl methyl sites for hydroxylation is 1. The topological polar surface area (TPSA) is 23.8 Å². The van der Waals surface area contributed by atoms with Crippen molar-refractivity contribution in [2.45, 2.75) is 22.6 Å². The SMILES string of the molecule is N#CC1=CCCc2cc(Sc3cccc(F)c3)ccc21. The summed E-state index contributed by atoms with van der Waals surface area (Å²) >= 11 is 1.54. The van der Waals surface area contributed by atoms with Crippen molar-refractivity contribution in [3.05, 3.63) is 65.5 Å². The smallest absolute Gasteiger partial charge is 0.124 e. The van der Waals surface area contributed by atoms with Gasteiger partial charge < -0.3 is 0 Å². The third-order valence-electron chi connectivity index (χ3n) is 3.28. The number of allylic oxidation sites excluding steroid dienone is 2. The molecule has 98 valence electrons. The standard InChI is InChI=1S/C17H12FNS/c18-14-5-2-6-15(10-14)20-16-7-8-17-12(9-16)3-1-4-13(17)11-19/h2,4-10H,1,3H2. The van der Waals surface area contributed by atoms with E-state index < -0.39 is 0 Å². The summed E-state index contributed by atoms with van der Waals surface area (Å²) in [5.74, 6) is -0.220. The molecule has 0 N–H and O–H groups in total. The summed E-state index contributed by atoms with van der Waals surface area (Å²) in [5.41, 5.74) is 2.99. The Kier molecular flexibility index (Phi) is 3.58. The Balaban J connectivity index is 1.90. The molecule has 0 atom stereocenters. The second-order valence-corrected chi connectivity index (χ2v) is 5.79. The first-order valence-electron chi connectivity index (χ1n) is 6.43.